The zero-order valence-electron chi connectivity index (χ0n) is 12.9. The summed E-state index contributed by atoms with van der Waals surface area (Å²) in [6.07, 6.45) is 0.370. The number of amides is 2. The predicted molar refractivity (Wildman–Crippen MR) is 86.9 cm³/mol. The quantitative estimate of drug-likeness (QED) is 0.854. The van der Waals surface area contributed by atoms with Gasteiger partial charge in [0, 0.05) is 36.6 Å². The second-order valence-electron chi connectivity index (χ2n) is 5.56. The van der Waals surface area contributed by atoms with Gasteiger partial charge in [-0.25, -0.2) is 8.78 Å². The van der Waals surface area contributed by atoms with Crippen LogP contribution in [-0.2, 0) is 11.2 Å². The van der Waals surface area contributed by atoms with Gasteiger partial charge in [-0.3, -0.25) is 9.59 Å². The van der Waals surface area contributed by atoms with Gasteiger partial charge in [-0.05, 0) is 29.6 Å². The van der Waals surface area contributed by atoms with Crippen LogP contribution in [0, 0.1) is 11.6 Å². The second-order valence-corrected chi connectivity index (χ2v) is 6.59. The highest BCUT2D eigenvalue weighted by Crippen LogP contribution is 2.15. The molecule has 0 radical (unpaired) electrons. The van der Waals surface area contributed by atoms with E-state index in [0.717, 1.165) is 17.0 Å². The molecular weight excluding hydrogens is 334 g/mol. The van der Waals surface area contributed by atoms with E-state index in [1.165, 1.54) is 6.07 Å². The fraction of sp³-hybridized carbons (Fsp3) is 0.294. The molecule has 2 amide bonds. The van der Waals surface area contributed by atoms with E-state index >= 15 is 0 Å². The van der Waals surface area contributed by atoms with Crippen LogP contribution in [0.3, 0.4) is 0 Å². The van der Waals surface area contributed by atoms with E-state index in [1.54, 1.807) is 21.1 Å². The molecule has 4 nitrogen and oxygen atoms in total. The molecule has 1 aromatic carbocycles. The molecule has 0 spiro atoms. The summed E-state index contributed by atoms with van der Waals surface area (Å²) < 4.78 is 26.2. The van der Waals surface area contributed by atoms with Crippen molar-refractivity contribution in [1.29, 1.82) is 0 Å². The number of rotatable bonds is 3. The first-order valence-electron chi connectivity index (χ1n) is 7.59. The largest absolute Gasteiger partial charge is 0.339 e. The average molecular weight is 350 g/mol. The standard InChI is InChI=1S/C17H16F2N2O2S/c18-14-4-3-12(10-15(14)19)17(23)21-7-5-20(6-8-21)16(22)11-13-2-1-9-24-13/h1-4,9-10H,5-8,11H2. The zero-order valence-corrected chi connectivity index (χ0v) is 13.7. The third-order valence-electron chi connectivity index (χ3n) is 3.99. The van der Waals surface area contributed by atoms with Crippen molar-refractivity contribution in [2.45, 2.75) is 6.42 Å². The van der Waals surface area contributed by atoms with Gasteiger partial charge in [-0.1, -0.05) is 6.07 Å². The highest BCUT2D eigenvalue weighted by Gasteiger charge is 2.25. The van der Waals surface area contributed by atoms with Gasteiger partial charge in [-0.15, -0.1) is 11.3 Å². The smallest absolute Gasteiger partial charge is 0.254 e. The Labute approximate surface area is 142 Å². The van der Waals surface area contributed by atoms with Crippen molar-refractivity contribution in [3.8, 4) is 0 Å². The lowest BCUT2D eigenvalue weighted by atomic mass is 10.1. The Morgan fingerprint density at radius 3 is 2.33 bits per heavy atom. The van der Waals surface area contributed by atoms with Crippen LogP contribution in [0.2, 0.25) is 0 Å². The van der Waals surface area contributed by atoms with Crippen LogP contribution in [0.25, 0.3) is 0 Å². The molecule has 0 N–H and O–H groups in total. The first kappa shape index (κ1) is 16.6. The Kier molecular flexibility index (Phi) is 4.89. The third-order valence-corrected chi connectivity index (χ3v) is 4.87. The van der Waals surface area contributed by atoms with E-state index in [2.05, 4.69) is 0 Å². The molecule has 0 aliphatic carbocycles. The second kappa shape index (κ2) is 7.09. The van der Waals surface area contributed by atoms with Crippen molar-refractivity contribution >= 4 is 23.2 Å². The Bertz CT molecular complexity index is 741. The number of halogens is 2. The Balaban J connectivity index is 1.57. The molecule has 1 aromatic heterocycles. The molecule has 1 saturated heterocycles. The summed E-state index contributed by atoms with van der Waals surface area (Å²) in [5.41, 5.74) is 0.118. The first-order chi connectivity index (χ1) is 11.5. The molecule has 0 saturated carbocycles. The molecule has 2 aromatic rings. The highest BCUT2D eigenvalue weighted by molar-refractivity contribution is 7.10. The number of nitrogens with zero attached hydrogens (tertiary/aromatic N) is 2. The van der Waals surface area contributed by atoms with Gasteiger partial charge in [-0.2, -0.15) is 0 Å². The molecule has 1 aliphatic rings. The summed E-state index contributed by atoms with van der Waals surface area (Å²) in [7, 11) is 0. The van der Waals surface area contributed by atoms with Crippen molar-refractivity contribution in [3.63, 3.8) is 0 Å². The minimum atomic E-state index is -1.04. The number of carbonyl (C=O) groups is 2. The summed E-state index contributed by atoms with van der Waals surface area (Å²) in [5.74, 6) is -2.32. The minimum Gasteiger partial charge on any atom is -0.339 e. The predicted octanol–water partition coefficient (Wildman–Crippen LogP) is 2.55. The Morgan fingerprint density at radius 2 is 1.71 bits per heavy atom. The molecule has 2 heterocycles. The van der Waals surface area contributed by atoms with E-state index in [1.807, 2.05) is 17.5 Å². The monoisotopic (exact) mass is 350 g/mol. The van der Waals surface area contributed by atoms with Crippen LogP contribution in [0.5, 0.6) is 0 Å². The molecule has 7 heteroatoms. The molecule has 1 fully saturated rings. The highest BCUT2D eigenvalue weighted by atomic mass is 32.1. The summed E-state index contributed by atoms with van der Waals surface area (Å²) in [4.78, 5) is 28.9. The van der Waals surface area contributed by atoms with Crippen LogP contribution in [0.15, 0.2) is 35.7 Å². The number of thiophene rings is 1. The van der Waals surface area contributed by atoms with Crippen LogP contribution in [-0.4, -0.2) is 47.8 Å². The zero-order chi connectivity index (χ0) is 17.1. The lowest BCUT2D eigenvalue weighted by molar-refractivity contribution is -0.131. The summed E-state index contributed by atoms with van der Waals surface area (Å²) >= 11 is 1.54. The van der Waals surface area contributed by atoms with E-state index in [-0.39, 0.29) is 17.4 Å². The summed E-state index contributed by atoms with van der Waals surface area (Å²) in [6, 6.07) is 6.96. The number of benzene rings is 1. The Hall–Kier alpha value is -2.28. The topological polar surface area (TPSA) is 40.6 Å². The molecule has 1 aliphatic heterocycles. The fourth-order valence-corrected chi connectivity index (χ4v) is 3.34. The summed E-state index contributed by atoms with van der Waals surface area (Å²) in [5, 5.41) is 1.93. The molecule has 0 bridgehead atoms. The minimum absolute atomic E-state index is 0.0392. The van der Waals surface area contributed by atoms with Crippen LogP contribution >= 0.6 is 11.3 Å². The molecular formula is C17H16F2N2O2S. The summed E-state index contributed by atoms with van der Waals surface area (Å²) in [6.45, 7) is 1.65. The van der Waals surface area contributed by atoms with E-state index < -0.39 is 11.6 Å². The number of carbonyl (C=O) groups excluding carboxylic acids is 2. The van der Waals surface area contributed by atoms with Gasteiger partial charge >= 0.3 is 0 Å². The van der Waals surface area contributed by atoms with Crippen molar-refractivity contribution in [3.05, 3.63) is 57.8 Å². The van der Waals surface area contributed by atoms with Gasteiger partial charge in [0.25, 0.3) is 5.91 Å². The lowest BCUT2D eigenvalue weighted by Crippen LogP contribution is -2.51. The van der Waals surface area contributed by atoms with Crippen molar-refractivity contribution in [2.75, 3.05) is 26.2 Å². The van der Waals surface area contributed by atoms with Crippen molar-refractivity contribution in [2.24, 2.45) is 0 Å². The van der Waals surface area contributed by atoms with Gasteiger partial charge in [0.2, 0.25) is 5.91 Å². The molecule has 0 atom stereocenters. The third kappa shape index (κ3) is 3.62. The maximum atomic E-state index is 13.3. The van der Waals surface area contributed by atoms with Crippen molar-refractivity contribution < 1.29 is 18.4 Å². The van der Waals surface area contributed by atoms with Crippen LogP contribution < -0.4 is 0 Å². The first-order valence-corrected chi connectivity index (χ1v) is 8.47. The van der Waals surface area contributed by atoms with Gasteiger partial charge in [0.05, 0.1) is 6.42 Å². The Morgan fingerprint density at radius 1 is 1.00 bits per heavy atom. The van der Waals surface area contributed by atoms with Crippen molar-refractivity contribution in [1.82, 2.24) is 9.80 Å². The molecule has 3 rings (SSSR count). The van der Waals surface area contributed by atoms with Gasteiger partial charge in [0.15, 0.2) is 11.6 Å². The maximum absolute atomic E-state index is 13.3. The van der Waals surface area contributed by atoms with Gasteiger partial charge < -0.3 is 9.80 Å². The SMILES string of the molecule is O=C(Cc1cccs1)N1CCN(C(=O)c2ccc(F)c(F)c2)CC1. The van der Waals surface area contributed by atoms with E-state index in [9.17, 15) is 18.4 Å². The fourth-order valence-electron chi connectivity index (χ4n) is 2.64. The lowest BCUT2D eigenvalue weighted by Gasteiger charge is -2.34. The molecule has 126 valence electrons. The number of hydrogen-bond acceptors (Lipinski definition) is 3. The van der Waals surface area contributed by atoms with E-state index in [4.69, 9.17) is 0 Å². The average Bonchev–Trinajstić information content (AvgIpc) is 3.10. The van der Waals surface area contributed by atoms with Crippen LogP contribution in [0.1, 0.15) is 15.2 Å². The number of piperazine rings is 1. The van der Waals surface area contributed by atoms with Gasteiger partial charge in [0.1, 0.15) is 0 Å². The maximum Gasteiger partial charge on any atom is 0.254 e. The normalized spacial score (nSPS) is 14.8. The van der Waals surface area contributed by atoms with E-state index in [0.29, 0.717) is 32.6 Å². The number of hydrogen-bond donors (Lipinski definition) is 0. The van der Waals surface area contributed by atoms with Crippen LogP contribution in [0.4, 0.5) is 8.78 Å². The molecule has 0 unspecified atom stereocenters. The molecule has 24 heavy (non-hydrogen) atoms.